The van der Waals surface area contributed by atoms with Gasteiger partial charge in [-0.2, -0.15) is 0 Å². The number of hydrogen-bond acceptors (Lipinski definition) is 6. The van der Waals surface area contributed by atoms with Crippen molar-refractivity contribution in [3.8, 4) is 5.75 Å². The van der Waals surface area contributed by atoms with Gasteiger partial charge in [-0.15, -0.1) is 11.8 Å². The first-order chi connectivity index (χ1) is 12.8. The summed E-state index contributed by atoms with van der Waals surface area (Å²) in [7, 11) is -4.02. The molecular formula is C18H13FNO5S2-. The van der Waals surface area contributed by atoms with Crippen LogP contribution in [-0.4, -0.2) is 25.2 Å². The molecule has 0 unspecified atom stereocenters. The van der Waals surface area contributed by atoms with Crippen molar-refractivity contribution < 1.29 is 27.8 Å². The van der Waals surface area contributed by atoms with E-state index in [1.807, 2.05) is 0 Å². The third kappa shape index (κ3) is 4.15. The van der Waals surface area contributed by atoms with Gasteiger partial charge < -0.3 is 15.0 Å². The number of benzene rings is 3. The molecule has 6 nitrogen and oxygen atoms in total. The minimum Gasteiger partial charge on any atom is -0.549 e. The molecule has 0 saturated heterocycles. The maximum atomic E-state index is 13.1. The minimum atomic E-state index is -4.02. The quantitative estimate of drug-likeness (QED) is 0.481. The van der Waals surface area contributed by atoms with Crippen LogP contribution in [0, 0.1) is 5.82 Å². The lowest BCUT2D eigenvalue weighted by Gasteiger charge is -2.15. The summed E-state index contributed by atoms with van der Waals surface area (Å²) < 4.78 is 40.7. The van der Waals surface area contributed by atoms with E-state index in [0.717, 1.165) is 36.0 Å². The van der Waals surface area contributed by atoms with Gasteiger partial charge in [0.1, 0.15) is 11.6 Å². The molecule has 0 atom stereocenters. The predicted molar refractivity (Wildman–Crippen MR) is 98.6 cm³/mol. The first-order valence-electron chi connectivity index (χ1n) is 7.63. The van der Waals surface area contributed by atoms with E-state index >= 15 is 0 Å². The Morgan fingerprint density at radius 3 is 2.37 bits per heavy atom. The predicted octanol–water partition coefficient (Wildman–Crippen LogP) is 2.33. The Hall–Kier alpha value is -2.78. The van der Waals surface area contributed by atoms with Crippen molar-refractivity contribution in [1.82, 2.24) is 0 Å². The van der Waals surface area contributed by atoms with E-state index in [-0.39, 0.29) is 21.2 Å². The zero-order chi connectivity index (χ0) is 19.6. The van der Waals surface area contributed by atoms with Gasteiger partial charge in [-0.05, 0) is 30.3 Å². The first-order valence-corrected chi connectivity index (χ1v) is 10.1. The number of aliphatic carboxylic acids is 1. The van der Waals surface area contributed by atoms with E-state index in [1.165, 1.54) is 6.07 Å². The van der Waals surface area contributed by atoms with Gasteiger partial charge in [-0.25, -0.2) is 12.8 Å². The summed E-state index contributed by atoms with van der Waals surface area (Å²) in [6, 6.07) is 12.2. The molecule has 3 rings (SSSR count). The molecule has 0 aliphatic rings. The number of halogens is 1. The number of carboxylic acids is 1. The molecule has 27 heavy (non-hydrogen) atoms. The number of carbonyl (C=O) groups excluding carboxylic acids is 1. The first kappa shape index (κ1) is 19.0. The van der Waals surface area contributed by atoms with E-state index in [0.29, 0.717) is 10.8 Å². The number of carbonyl (C=O) groups is 1. The fourth-order valence-electron chi connectivity index (χ4n) is 2.48. The Morgan fingerprint density at radius 2 is 1.74 bits per heavy atom. The zero-order valence-electron chi connectivity index (χ0n) is 13.7. The topological polar surface area (TPSA) is 107 Å². The summed E-state index contributed by atoms with van der Waals surface area (Å²) in [5, 5.41) is 21.9. The number of thioether (sulfide) groups is 1. The largest absolute Gasteiger partial charge is 0.549 e. The van der Waals surface area contributed by atoms with Crippen LogP contribution < -0.4 is 9.83 Å². The number of fused-ring (bicyclic) bond motifs is 1. The summed E-state index contributed by atoms with van der Waals surface area (Å²) >= 11 is 0.811. The maximum absolute atomic E-state index is 13.1. The van der Waals surface area contributed by atoms with Crippen LogP contribution >= 0.6 is 11.8 Å². The normalized spacial score (nSPS) is 11.4. The van der Waals surface area contributed by atoms with E-state index in [2.05, 4.69) is 4.72 Å². The molecule has 0 bridgehead atoms. The maximum Gasteiger partial charge on any atom is 0.261 e. The van der Waals surface area contributed by atoms with Crippen molar-refractivity contribution in [3.05, 3.63) is 60.4 Å². The van der Waals surface area contributed by atoms with E-state index in [4.69, 9.17) is 0 Å². The molecule has 0 fully saturated rings. The standard InChI is InChI=1S/C18H14FNO5S2/c19-11-5-7-12(8-6-11)27(24,25)20-15-9-16(26-10-17(21)22)18(23)14-4-2-1-3-13(14)15/h1-9,20,23H,10H2,(H,21,22)/p-1. The highest BCUT2D eigenvalue weighted by Gasteiger charge is 2.18. The molecule has 0 aliphatic heterocycles. The zero-order valence-corrected chi connectivity index (χ0v) is 15.3. The summed E-state index contributed by atoms with van der Waals surface area (Å²) in [5.74, 6) is -2.44. The van der Waals surface area contributed by atoms with Crippen LogP contribution in [0.25, 0.3) is 10.8 Å². The summed E-state index contributed by atoms with van der Waals surface area (Å²) in [6.45, 7) is 0. The highest BCUT2D eigenvalue weighted by molar-refractivity contribution is 8.00. The van der Waals surface area contributed by atoms with Crippen LogP contribution in [0.1, 0.15) is 0 Å². The second kappa shape index (κ2) is 7.45. The fraction of sp³-hybridized carbons (Fsp3) is 0.0556. The number of phenolic OH excluding ortho intramolecular Hbond substituents is 1. The molecule has 0 spiro atoms. The molecule has 3 aromatic rings. The lowest BCUT2D eigenvalue weighted by atomic mass is 10.1. The van der Waals surface area contributed by atoms with Gasteiger partial charge in [0, 0.05) is 16.5 Å². The second-order valence-corrected chi connectivity index (χ2v) is 8.24. The number of phenols is 1. The average molecular weight is 406 g/mol. The van der Waals surface area contributed by atoms with Crippen LogP contribution in [0.2, 0.25) is 0 Å². The molecule has 3 aromatic carbocycles. The number of rotatable bonds is 6. The number of carboxylic acid groups (broad SMARTS) is 1. The van der Waals surface area contributed by atoms with Gasteiger partial charge in [0.05, 0.1) is 21.4 Å². The number of hydrogen-bond donors (Lipinski definition) is 2. The van der Waals surface area contributed by atoms with Crippen LogP contribution in [0.4, 0.5) is 10.1 Å². The SMILES string of the molecule is O=C([O-])CSc1cc(NS(=O)(=O)c2ccc(F)cc2)c2ccccc2c1O. The average Bonchev–Trinajstić information content (AvgIpc) is 2.63. The lowest BCUT2D eigenvalue weighted by molar-refractivity contribution is -0.301. The second-order valence-electron chi connectivity index (χ2n) is 5.54. The van der Waals surface area contributed by atoms with Gasteiger partial charge in [-0.3, -0.25) is 4.72 Å². The molecule has 140 valence electrons. The van der Waals surface area contributed by atoms with Crippen molar-refractivity contribution in [2.45, 2.75) is 9.79 Å². The molecule has 0 radical (unpaired) electrons. The van der Waals surface area contributed by atoms with Crippen molar-refractivity contribution in [2.24, 2.45) is 0 Å². The molecule has 0 aliphatic carbocycles. The fourth-order valence-corrected chi connectivity index (χ4v) is 4.27. The van der Waals surface area contributed by atoms with Crippen LogP contribution in [0.15, 0.2) is 64.4 Å². The van der Waals surface area contributed by atoms with E-state index in [9.17, 15) is 27.8 Å². The van der Waals surface area contributed by atoms with Crippen LogP contribution in [0.3, 0.4) is 0 Å². The minimum absolute atomic E-state index is 0.134. The van der Waals surface area contributed by atoms with Crippen molar-refractivity contribution >= 4 is 44.2 Å². The van der Waals surface area contributed by atoms with Crippen molar-refractivity contribution in [3.63, 3.8) is 0 Å². The number of anilines is 1. The Bertz CT molecular complexity index is 1110. The third-order valence-corrected chi connectivity index (χ3v) is 6.08. The summed E-state index contributed by atoms with van der Waals surface area (Å²) in [6.07, 6.45) is 0. The number of nitrogens with one attached hydrogen (secondary N) is 1. The van der Waals surface area contributed by atoms with Crippen LogP contribution in [0.5, 0.6) is 5.75 Å². The Kier molecular flexibility index (Phi) is 5.24. The Balaban J connectivity index is 2.08. The highest BCUT2D eigenvalue weighted by atomic mass is 32.2. The van der Waals surface area contributed by atoms with E-state index < -0.39 is 27.6 Å². The van der Waals surface area contributed by atoms with Gasteiger partial charge in [0.15, 0.2) is 0 Å². The highest BCUT2D eigenvalue weighted by Crippen LogP contribution is 2.40. The van der Waals surface area contributed by atoms with Gasteiger partial charge in [0.25, 0.3) is 10.0 Å². The van der Waals surface area contributed by atoms with Gasteiger partial charge >= 0.3 is 0 Å². The summed E-state index contributed by atoms with van der Waals surface area (Å²) in [4.78, 5) is 10.8. The van der Waals surface area contributed by atoms with Crippen molar-refractivity contribution in [2.75, 3.05) is 10.5 Å². The molecule has 9 heteroatoms. The van der Waals surface area contributed by atoms with E-state index in [1.54, 1.807) is 24.3 Å². The Morgan fingerprint density at radius 1 is 1.11 bits per heavy atom. The van der Waals surface area contributed by atoms with Gasteiger partial charge in [0.2, 0.25) is 0 Å². The monoisotopic (exact) mass is 406 g/mol. The molecule has 0 heterocycles. The molecule has 0 saturated carbocycles. The number of sulfonamides is 1. The third-order valence-electron chi connectivity index (χ3n) is 3.69. The van der Waals surface area contributed by atoms with Crippen LogP contribution in [-0.2, 0) is 14.8 Å². The van der Waals surface area contributed by atoms with Gasteiger partial charge in [-0.1, -0.05) is 24.3 Å². The van der Waals surface area contributed by atoms with Crippen molar-refractivity contribution in [1.29, 1.82) is 0 Å². The lowest BCUT2D eigenvalue weighted by Crippen LogP contribution is -2.24. The molecule has 2 N–H and O–H groups in total. The number of aromatic hydroxyl groups is 1. The molecule has 0 amide bonds. The molecular weight excluding hydrogens is 393 g/mol. The summed E-state index contributed by atoms with van der Waals surface area (Å²) in [5.41, 5.74) is 0.161. The smallest absolute Gasteiger partial charge is 0.261 e. The Labute approximate surface area is 158 Å². The molecule has 0 aromatic heterocycles.